The lowest BCUT2D eigenvalue weighted by Gasteiger charge is -2.32. The van der Waals surface area contributed by atoms with Crippen LogP contribution in [0.25, 0.3) is 5.65 Å². The number of aromatic nitrogens is 3. The van der Waals surface area contributed by atoms with E-state index in [9.17, 15) is 14.4 Å². The summed E-state index contributed by atoms with van der Waals surface area (Å²) in [5.74, 6) is 0.260. The smallest absolute Gasteiger partial charge is 0.277 e. The highest BCUT2D eigenvalue weighted by Crippen LogP contribution is 2.27. The van der Waals surface area contributed by atoms with Gasteiger partial charge in [-0.2, -0.15) is 0 Å². The van der Waals surface area contributed by atoms with Crippen LogP contribution in [0.5, 0.6) is 0 Å². The summed E-state index contributed by atoms with van der Waals surface area (Å²) < 4.78 is 1.51. The summed E-state index contributed by atoms with van der Waals surface area (Å²) in [4.78, 5) is 48.1. The minimum absolute atomic E-state index is 0.0174. The van der Waals surface area contributed by atoms with Gasteiger partial charge < -0.3 is 9.80 Å². The Balaban J connectivity index is 1.17. The van der Waals surface area contributed by atoms with E-state index in [2.05, 4.69) is 5.10 Å². The molecule has 2 aliphatic heterocycles. The lowest BCUT2D eigenvalue weighted by molar-refractivity contribution is -0.132. The molecule has 0 bridgehead atoms. The predicted molar refractivity (Wildman–Crippen MR) is 153 cm³/mol. The highest BCUT2D eigenvalue weighted by atomic mass is 16.2. The molecule has 40 heavy (non-hydrogen) atoms. The Morgan fingerprint density at radius 2 is 1.52 bits per heavy atom. The number of carbonyl (C=O) groups excluding carboxylic acids is 2. The number of carbonyl (C=O) groups is 2. The van der Waals surface area contributed by atoms with Crippen LogP contribution in [0.3, 0.4) is 0 Å². The standard InChI is InChI=1S/C32H35N5O3/c1-21-5-9-23(10-6-21)16-30(38)35-14-3-4-25(19-35)28-18-29-33-27-13-15-36(20-26(27)32(40)37(29)34-28)31(39)17-24-11-7-22(2)8-12-24/h5-12,18,25,34H,3-4,13-17,19-20H2,1-2H3/t25-/m1/s1. The monoisotopic (exact) mass is 537 g/mol. The van der Waals surface area contributed by atoms with E-state index in [-0.39, 0.29) is 29.8 Å². The van der Waals surface area contributed by atoms with E-state index in [0.717, 1.165) is 47.5 Å². The average Bonchev–Trinajstić information content (AvgIpc) is 3.40. The van der Waals surface area contributed by atoms with Crippen LogP contribution in [-0.4, -0.2) is 55.8 Å². The first-order valence-electron chi connectivity index (χ1n) is 14.1. The number of nitrogens with one attached hydrogen (secondary N) is 1. The summed E-state index contributed by atoms with van der Waals surface area (Å²) in [5.41, 5.74) is 7.05. The molecule has 2 aromatic carbocycles. The van der Waals surface area contributed by atoms with E-state index in [0.29, 0.717) is 43.6 Å². The van der Waals surface area contributed by atoms with Crippen LogP contribution >= 0.6 is 0 Å². The van der Waals surface area contributed by atoms with Crippen LogP contribution in [0, 0.1) is 13.8 Å². The van der Waals surface area contributed by atoms with Crippen molar-refractivity contribution in [2.45, 2.75) is 58.4 Å². The molecular weight excluding hydrogens is 502 g/mol. The number of rotatable bonds is 5. The molecule has 1 N–H and O–H groups in total. The quantitative estimate of drug-likeness (QED) is 0.420. The number of fused-ring (bicyclic) bond motifs is 2. The van der Waals surface area contributed by atoms with E-state index in [1.54, 1.807) is 4.90 Å². The molecule has 4 aromatic rings. The van der Waals surface area contributed by atoms with Gasteiger partial charge in [0.05, 0.1) is 30.6 Å². The minimum Gasteiger partial charge on any atom is -0.342 e. The number of hydrogen-bond donors (Lipinski definition) is 1. The summed E-state index contributed by atoms with van der Waals surface area (Å²) in [6, 6.07) is 18.0. The molecule has 0 spiro atoms. The molecule has 1 atom stereocenters. The van der Waals surface area contributed by atoms with Gasteiger partial charge in [0, 0.05) is 43.7 Å². The molecule has 8 nitrogen and oxygen atoms in total. The average molecular weight is 538 g/mol. The van der Waals surface area contributed by atoms with Gasteiger partial charge in [-0.1, -0.05) is 59.7 Å². The molecule has 1 saturated heterocycles. The molecule has 1 fully saturated rings. The second-order valence-corrected chi connectivity index (χ2v) is 11.3. The molecule has 0 radical (unpaired) electrons. The maximum atomic E-state index is 13.5. The van der Waals surface area contributed by atoms with E-state index in [4.69, 9.17) is 4.98 Å². The van der Waals surface area contributed by atoms with Crippen molar-refractivity contribution in [1.82, 2.24) is 24.4 Å². The van der Waals surface area contributed by atoms with Crippen molar-refractivity contribution in [2.24, 2.45) is 0 Å². The van der Waals surface area contributed by atoms with Gasteiger partial charge in [-0.05, 0) is 37.8 Å². The maximum Gasteiger partial charge on any atom is 0.277 e. The first-order chi connectivity index (χ1) is 19.3. The number of likely N-dealkylation sites (tertiary alicyclic amines) is 1. The second kappa shape index (κ2) is 10.8. The number of aromatic amines is 1. The second-order valence-electron chi connectivity index (χ2n) is 11.3. The number of hydrogen-bond acceptors (Lipinski definition) is 4. The molecule has 8 heteroatoms. The predicted octanol–water partition coefficient (Wildman–Crippen LogP) is 3.72. The Hall–Kier alpha value is -4.20. The molecule has 0 aliphatic carbocycles. The normalized spacial score (nSPS) is 17.2. The van der Waals surface area contributed by atoms with Crippen LogP contribution in [0.15, 0.2) is 59.4 Å². The fourth-order valence-electron chi connectivity index (χ4n) is 5.86. The van der Waals surface area contributed by atoms with E-state index in [1.165, 1.54) is 10.1 Å². The number of amides is 2. The van der Waals surface area contributed by atoms with Crippen molar-refractivity contribution in [2.75, 3.05) is 19.6 Å². The first kappa shape index (κ1) is 26.0. The van der Waals surface area contributed by atoms with Gasteiger partial charge in [0.15, 0.2) is 5.65 Å². The lowest BCUT2D eigenvalue weighted by Crippen LogP contribution is -2.41. The maximum absolute atomic E-state index is 13.5. The molecule has 6 rings (SSSR count). The number of nitrogens with zero attached hydrogens (tertiary/aromatic N) is 4. The zero-order valence-corrected chi connectivity index (χ0v) is 23.2. The zero-order chi connectivity index (χ0) is 27.8. The van der Waals surface area contributed by atoms with E-state index in [1.807, 2.05) is 73.3 Å². The van der Waals surface area contributed by atoms with Crippen molar-refractivity contribution in [3.63, 3.8) is 0 Å². The highest BCUT2D eigenvalue weighted by Gasteiger charge is 2.29. The summed E-state index contributed by atoms with van der Waals surface area (Å²) in [7, 11) is 0. The molecule has 4 heterocycles. The van der Waals surface area contributed by atoms with Gasteiger partial charge in [0.1, 0.15) is 0 Å². The van der Waals surface area contributed by atoms with Gasteiger partial charge in [0.2, 0.25) is 11.8 Å². The van der Waals surface area contributed by atoms with Gasteiger partial charge in [-0.15, -0.1) is 0 Å². The summed E-state index contributed by atoms with van der Waals surface area (Å²) in [6.07, 6.45) is 3.13. The summed E-state index contributed by atoms with van der Waals surface area (Å²) >= 11 is 0. The first-order valence-corrected chi connectivity index (χ1v) is 14.1. The Bertz CT molecular complexity index is 1620. The van der Waals surface area contributed by atoms with E-state index < -0.39 is 0 Å². The molecule has 0 unspecified atom stereocenters. The van der Waals surface area contributed by atoms with Crippen LogP contribution in [-0.2, 0) is 35.4 Å². The van der Waals surface area contributed by atoms with Crippen LogP contribution < -0.4 is 5.56 Å². The van der Waals surface area contributed by atoms with Crippen molar-refractivity contribution in [3.05, 3.63) is 104 Å². The Labute approximate surface area is 233 Å². The van der Waals surface area contributed by atoms with Gasteiger partial charge in [0.25, 0.3) is 5.56 Å². The Morgan fingerprint density at radius 1 is 0.900 bits per heavy atom. The topological polar surface area (TPSA) is 90.8 Å². The zero-order valence-electron chi connectivity index (χ0n) is 23.2. The van der Waals surface area contributed by atoms with Gasteiger partial charge in [-0.25, -0.2) is 9.50 Å². The molecule has 2 amide bonds. The number of piperidine rings is 1. The number of benzene rings is 2. The van der Waals surface area contributed by atoms with Gasteiger partial charge >= 0.3 is 0 Å². The number of aryl methyl sites for hydroxylation is 2. The number of H-pyrrole nitrogens is 1. The SMILES string of the molecule is Cc1ccc(CC(=O)N2CCc3nc4cc([C@@H]5CCCN(C(=O)Cc6ccc(C)cc6)C5)[nH]n4c(=O)c3C2)cc1. The van der Waals surface area contributed by atoms with Crippen LogP contribution in [0.4, 0.5) is 0 Å². The molecule has 206 valence electrons. The summed E-state index contributed by atoms with van der Waals surface area (Å²) in [6.45, 7) is 6.26. The third-order valence-electron chi connectivity index (χ3n) is 8.30. The van der Waals surface area contributed by atoms with Crippen molar-refractivity contribution in [1.29, 1.82) is 0 Å². The van der Waals surface area contributed by atoms with E-state index >= 15 is 0 Å². The Morgan fingerprint density at radius 3 is 2.17 bits per heavy atom. The third kappa shape index (κ3) is 5.30. The fourth-order valence-corrected chi connectivity index (χ4v) is 5.86. The third-order valence-corrected chi connectivity index (χ3v) is 8.30. The lowest BCUT2D eigenvalue weighted by atomic mass is 9.94. The van der Waals surface area contributed by atoms with Gasteiger partial charge in [-0.3, -0.25) is 19.5 Å². The fraction of sp³-hybridized carbons (Fsp3) is 0.375. The van der Waals surface area contributed by atoms with Crippen LogP contribution in [0.1, 0.15) is 58.0 Å². The largest absolute Gasteiger partial charge is 0.342 e. The van der Waals surface area contributed by atoms with Crippen molar-refractivity contribution >= 4 is 17.5 Å². The van der Waals surface area contributed by atoms with Crippen LogP contribution in [0.2, 0.25) is 0 Å². The minimum atomic E-state index is -0.151. The molecule has 2 aromatic heterocycles. The highest BCUT2D eigenvalue weighted by molar-refractivity contribution is 5.79. The molecular formula is C32H35N5O3. The Kier molecular flexibility index (Phi) is 7.00. The van der Waals surface area contributed by atoms with Crippen molar-refractivity contribution in [3.8, 4) is 0 Å². The summed E-state index contributed by atoms with van der Waals surface area (Å²) in [5, 5.41) is 3.29. The molecule has 0 saturated carbocycles. The molecule has 2 aliphatic rings. The van der Waals surface area contributed by atoms with Crippen molar-refractivity contribution < 1.29 is 9.59 Å².